The maximum absolute atomic E-state index is 12.3. The molecule has 4 rings (SSSR count). The molecule has 0 aromatic heterocycles. The van der Waals surface area contributed by atoms with Crippen LogP contribution in [0.4, 0.5) is 11.4 Å². The van der Waals surface area contributed by atoms with E-state index in [9.17, 15) is 4.79 Å². The van der Waals surface area contributed by atoms with E-state index in [-0.39, 0.29) is 11.6 Å². The molecule has 4 nitrogen and oxygen atoms in total. The highest BCUT2D eigenvalue weighted by molar-refractivity contribution is 8.15. The topological polar surface area (TPSA) is 53.5 Å². The van der Waals surface area contributed by atoms with Crippen LogP contribution in [0.25, 0.3) is 0 Å². The fraction of sp³-hybridized carbons (Fsp3) is 0.300. The second kappa shape index (κ2) is 6.92. The lowest BCUT2D eigenvalue weighted by Crippen LogP contribution is -2.37. The largest absolute Gasteiger partial charge is 0.361 e. The molecule has 0 radical (unpaired) electrons. The predicted molar refractivity (Wildman–Crippen MR) is 105 cm³/mol. The number of amides is 1. The van der Waals surface area contributed by atoms with Gasteiger partial charge in [0.2, 0.25) is 5.91 Å². The second-order valence-corrected chi connectivity index (χ2v) is 7.49. The van der Waals surface area contributed by atoms with Crippen molar-refractivity contribution in [3.63, 3.8) is 0 Å². The van der Waals surface area contributed by atoms with Crippen LogP contribution in [0, 0.1) is 0 Å². The molecule has 0 bridgehead atoms. The molecule has 2 N–H and O–H groups in total. The van der Waals surface area contributed by atoms with E-state index in [1.165, 1.54) is 24.6 Å². The molecule has 5 heteroatoms. The monoisotopic (exact) mass is 351 g/mol. The number of benzene rings is 2. The van der Waals surface area contributed by atoms with Crippen molar-refractivity contribution in [2.24, 2.45) is 4.99 Å². The van der Waals surface area contributed by atoms with Crippen LogP contribution < -0.4 is 10.6 Å². The van der Waals surface area contributed by atoms with Gasteiger partial charge in [-0.3, -0.25) is 4.79 Å². The summed E-state index contributed by atoms with van der Waals surface area (Å²) in [5.41, 5.74) is 2.88. The average Bonchev–Trinajstić information content (AvgIpc) is 3.08. The van der Waals surface area contributed by atoms with Gasteiger partial charge in [-0.15, -0.1) is 0 Å². The van der Waals surface area contributed by atoms with E-state index in [1.54, 1.807) is 0 Å². The third-order valence-corrected chi connectivity index (χ3v) is 5.66. The second-order valence-electron chi connectivity index (χ2n) is 6.53. The van der Waals surface area contributed by atoms with E-state index < -0.39 is 0 Å². The number of para-hydroxylation sites is 2. The predicted octanol–water partition coefficient (Wildman–Crippen LogP) is 4.50. The van der Waals surface area contributed by atoms with Crippen molar-refractivity contribution in [2.75, 3.05) is 16.4 Å². The first-order chi connectivity index (χ1) is 12.2. The minimum absolute atomic E-state index is 0.00427. The number of fused-ring (bicyclic) bond motifs is 1. The number of thioether (sulfide) groups is 1. The van der Waals surface area contributed by atoms with Crippen LogP contribution in [-0.4, -0.2) is 22.4 Å². The van der Waals surface area contributed by atoms with Crippen molar-refractivity contribution in [1.29, 1.82) is 0 Å². The standard InChI is InChI=1S/C20H21N3OS/c24-18(21-15-8-2-1-3-9-15)14-25-19-16-10-4-5-11-17(16)22-20(23-19)12-6-7-13-20/h1-5,8-11,22H,6-7,12-14H2,(H,21,24). The first kappa shape index (κ1) is 16.2. The number of hydrogen-bond donors (Lipinski definition) is 2. The molecule has 1 aliphatic carbocycles. The van der Waals surface area contributed by atoms with Gasteiger partial charge in [-0.25, -0.2) is 4.99 Å². The molecule has 128 valence electrons. The Kier molecular flexibility index (Phi) is 4.49. The van der Waals surface area contributed by atoms with Crippen LogP contribution in [-0.2, 0) is 4.79 Å². The Labute approximate surface area is 152 Å². The molecule has 2 aromatic rings. The third-order valence-electron chi connectivity index (χ3n) is 4.67. The SMILES string of the molecule is O=C(CSC1=NC2(CCCC2)Nc2ccccc21)Nc1ccccc1. The van der Waals surface area contributed by atoms with Crippen molar-refractivity contribution >= 4 is 34.1 Å². The number of anilines is 2. The van der Waals surface area contributed by atoms with Crippen molar-refractivity contribution in [1.82, 2.24) is 0 Å². The summed E-state index contributed by atoms with van der Waals surface area (Å²) >= 11 is 1.53. The fourth-order valence-corrected chi connectivity index (χ4v) is 4.38. The Hall–Kier alpha value is -2.27. The van der Waals surface area contributed by atoms with E-state index in [2.05, 4.69) is 22.8 Å². The van der Waals surface area contributed by atoms with Crippen LogP contribution in [0.1, 0.15) is 31.2 Å². The number of nitrogens with one attached hydrogen (secondary N) is 2. The van der Waals surface area contributed by atoms with Crippen LogP contribution in [0.3, 0.4) is 0 Å². The van der Waals surface area contributed by atoms with Crippen molar-refractivity contribution < 1.29 is 4.79 Å². The van der Waals surface area contributed by atoms with Crippen molar-refractivity contribution in [3.8, 4) is 0 Å². The maximum atomic E-state index is 12.3. The molecule has 1 amide bonds. The molecular weight excluding hydrogens is 330 g/mol. The summed E-state index contributed by atoms with van der Waals surface area (Å²) in [6, 6.07) is 17.8. The normalized spacial score (nSPS) is 17.5. The molecule has 2 aliphatic rings. The molecule has 25 heavy (non-hydrogen) atoms. The van der Waals surface area contributed by atoms with Gasteiger partial charge in [-0.05, 0) is 43.9 Å². The highest BCUT2D eigenvalue weighted by atomic mass is 32.2. The fourth-order valence-electron chi connectivity index (χ4n) is 3.47. The minimum Gasteiger partial charge on any atom is -0.361 e. The zero-order valence-corrected chi connectivity index (χ0v) is 14.8. The van der Waals surface area contributed by atoms with Crippen LogP contribution in [0.5, 0.6) is 0 Å². The van der Waals surface area contributed by atoms with Gasteiger partial charge in [-0.2, -0.15) is 0 Å². The molecule has 1 spiro atoms. The summed E-state index contributed by atoms with van der Waals surface area (Å²) in [5.74, 6) is 0.355. The summed E-state index contributed by atoms with van der Waals surface area (Å²) in [6.07, 6.45) is 4.51. The Bertz CT molecular complexity index is 798. The quantitative estimate of drug-likeness (QED) is 0.856. The molecule has 0 unspecified atom stereocenters. The minimum atomic E-state index is -0.174. The van der Waals surface area contributed by atoms with Gasteiger partial charge in [0.15, 0.2) is 0 Å². The lowest BCUT2D eigenvalue weighted by atomic mass is 10.0. The van der Waals surface area contributed by atoms with Crippen LogP contribution in [0.2, 0.25) is 0 Å². The first-order valence-electron chi connectivity index (χ1n) is 8.69. The number of carbonyl (C=O) groups is 1. The van der Waals surface area contributed by atoms with E-state index in [1.807, 2.05) is 42.5 Å². The summed E-state index contributed by atoms with van der Waals surface area (Å²) in [4.78, 5) is 17.3. The van der Waals surface area contributed by atoms with E-state index in [0.717, 1.165) is 34.8 Å². The van der Waals surface area contributed by atoms with Crippen LogP contribution in [0.15, 0.2) is 59.6 Å². The highest BCUT2D eigenvalue weighted by Gasteiger charge is 2.37. The van der Waals surface area contributed by atoms with Gasteiger partial charge in [0.25, 0.3) is 0 Å². The Morgan fingerprint density at radius 3 is 2.60 bits per heavy atom. The van der Waals surface area contributed by atoms with Crippen molar-refractivity contribution in [2.45, 2.75) is 31.3 Å². The molecular formula is C20H21N3OS. The van der Waals surface area contributed by atoms with Gasteiger partial charge in [0.1, 0.15) is 10.7 Å². The summed E-state index contributed by atoms with van der Waals surface area (Å²) in [6.45, 7) is 0. The van der Waals surface area contributed by atoms with Crippen LogP contribution >= 0.6 is 11.8 Å². The zero-order chi connectivity index (χ0) is 17.1. The van der Waals surface area contributed by atoms with Gasteiger partial charge < -0.3 is 10.6 Å². The summed E-state index contributed by atoms with van der Waals surface area (Å²) in [7, 11) is 0. The summed E-state index contributed by atoms with van der Waals surface area (Å²) in [5, 5.41) is 7.54. The molecule has 1 aliphatic heterocycles. The molecule has 1 saturated carbocycles. The van der Waals surface area contributed by atoms with E-state index in [4.69, 9.17) is 4.99 Å². The maximum Gasteiger partial charge on any atom is 0.234 e. The molecule has 1 heterocycles. The smallest absolute Gasteiger partial charge is 0.234 e. The first-order valence-corrected chi connectivity index (χ1v) is 9.68. The number of nitrogens with zero attached hydrogens (tertiary/aromatic N) is 1. The molecule has 1 fully saturated rings. The van der Waals surface area contributed by atoms with E-state index >= 15 is 0 Å². The molecule has 2 aromatic carbocycles. The zero-order valence-electron chi connectivity index (χ0n) is 14.0. The van der Waals surface area contributed by atoms with E-state index in [0.29, 0.717) is 5.75 Å². The summed E-state index contributed by atoms with van der Waals surface area (Å²) < 4.78 is 0. The number of carbonyl (C=O) groups excluding carboxylic acids is 1. The van der Waals surface area contributed by atoms with Gasteiger partial charge in [0.05, 0.1) is 5.75 Å². The average molecular weight is 351 g/mol. The van der Waals surface area contributed by atoms with Gasteiger partial charge in [0, 0.05) is 16.9 Å². The third kappa shape index (κ3) is 3.56. The molecule has 0 saturated heterocycles. The lowest BCUT2D eigenvalue weighted by molar-refractivity contribution is -0.113. The number of rotatable bonds is 3. The number of hydrogen-bond acceptors (Lipinski definition) is 4. The highest BCUT2D eigenvalue weighted by Crippen LogP contribution is 2.40. The Balaban J connectivity index is 1.49. The van der Waals surface area contributed by atoms with Gasteiger partial charge >= 0.3 is 0 Å². The Morgan fingerprint density at radius 1 is 1.08 bits per heavy atom. The Morgan fingerprint density at radius 2 is 1.80 bits per heavy atom. The number of aliphatic imine (C=N–C) groups is 1. The molecule has 0 atom stereocenters. The van der Waals surface area contributed by atoms with Crippen molar-refractivity contribution in [3.05, 3.63) is 60.2 Å². The lowest BCUT2D eigenvalue weighted by Gasteiger charge is -2.33. The van der Waals surface area contributed by atoms with Gasteiger partial charge in [-0.1, -0.05) is 48.2 Å².